The van der Waals surface area contributed by atoms with Gasteiger partial charge in [0, 0.05) is 23.1 Å². The number of aryl methyl sites for hydroxylation is 2. The molecule has 0 aliphatic rings. The maximum absolute atomic E-state index is 12.9. The monoisotopic (exact) mass is 250 g/mol. The van der Waals surface area contributed by atoms with Crippen LogP contribution in [-0.2, 0) is 12.8 Å². The van der Waals surface area contributed by atoms with Crippen molar-refractivity contribution in [3.63, 3.8) is 0 Å². The second-order valence-electron chi connectivity index (χ2n) is 3.81. The number of anilines is 1. The summed E-state index contributed by atoms with van der Waals surface area (Å²) in [5.41, 5.74) is 8.43. The van der Waals surface area contributed by atoms with Gasteiger partial charge in [0.1, 0.15) is 5.82 Å². The maximum Gasteiger partial charge on any atom is 0.124 e. The molecule has 2 nitrogen and oxygen atoms in total. The average molecular weight is 251 g/mol. The van der Waals surface area contributed by atoms with Gasteiger partial charge in [-0.15, -0.1) is 0 Å². The SMILES string of the molecule is Nc1ccncc1CCc1ccc(F)cc1Cl. The fourth-order valence-electron chi connectivity index (χ4n) is 1.64. The minimum absolute atomic E-state index is 0.320. The Morgan fingerprint density at radius 2 is 1.94 bits per heavy atom. The van der Waals surface area contributed by atoms with Crippen molar-refractivity contribution >= 4 is 17.3 Å². The van der Waals surface area contributed by atoms with Gasteiger partial charge in [-0.1, -0.05) is 17.7 Å². The molecule has 88 valence electrons. The lowest BCUT2D eigenvalue weighted by Gasteiger charge is -2.06. The molecule has 0 radical (unpaired) electrons. The smallest absolute Gasteiger partial charge is 0.124 e. The third-order valence-electron chi connectivity index (χ3n) is 2.62. The quantitative estimate of drug-likeness (QED) is 0.908. The van der Waals surface area contributed by atoms with E-state index in [4.69, 9.17) is 17.3 Å². The zero-order valence-corrected chi connectivity index (χ0v) is 9.91. The van der Waals surface area contributed by atoms with E-state index in [1.807, 2.05) is 0 Å². The number of nitrogen functional groups attached to an aromatic ring is 1. The van der Waals surface area contributed by atoms with Crippen molar-refractivity contribution in [1.29, 1.82) is 0 Å². The molecule has 2 N–H and O–H groups in total. The van der Waals surface area contributed by atoms with Gasteiger partial charge >= 0.3 is 0 Å². The van der Waals surface area contributed by atoms with Crippen molar-refractivity contribution in [1.82, 2.24) is 4.98 Å². The van der Waals surface area contributed by atoms with Crippen LogP contribution in [0.5, 0.6) is 0 Å². The molecule has 0 aliphatic carbocycles. The fourth-order valence-corrected chi connectivity index (χ4v) is 1.90. The van der Waals surface area contributed by atoms with E-state index < -0.39 is 0 Å². The largest absolute Gasteiger partial charge is 0.398 e. The van der Waals surface area contributed by atoms with Gasteiger partial charge in [-0.2, -0.15) is 0 Å². The first-order chi connectivity index (χ1) is 8.16. The van der Waals surface area contributed by atoms with E-state index in [1.54, 1.807) is 24.5 Å². The van der Waals surface area contributed by atoms with Crippen molar-refractivity contribution in [2.75, 3.05) is 5.73 Å². The molecule has 17 heavy (non-hydrogen) atoms. The van der Waals surface area contributed by atoms with E-state index in [0.29, 0.717) is 5.02 Å². The highest BCUT2D eigenvalue weighted by molar-refractivity contribution is 6.31. The highest BCUT2D eigenvalue weighted by Crippen LogP contribution is 2.20. The van der Waals surface area contributed by atoms with Crippen LogP contribution >= 0.6 is 11.6 Å². The number of hydrogen-bond acceptors (Lipinski definition) is 2. The van der Waals surface area contributed by atoms with Gasteiger partial charge in [0.05, 0.1) is 0 Å². The number of rotatable bonds is 3. The normalized spacial score (nSPS) is 10.5. The lowest BCUT2D eigenvalue weighted by atomic mass is 10.0. The van der Waals surface area contributed by atoms with Gasteiger partial charge in [-0.3, -0.25) is 4.98 Å². The molecule has 0 fully saturated rings. The van der Waals surface area contributed by atoms with Crippen molar-refractivity contribution < 1.29 is 4.39 Å². The third kappa shape index (κ3) is 2.94. The molecule has 0 bridgehead atoms. The van der Waals surface area contributed by atoms with Gasteiger partial charge < -0.3 is 5.73 Å². The average Bonchev–Trinajstić information content (AvgIpc) is 2.30. The Hall–Kier alpha value is -1.61. The van der Waals surface area contributed by atoms with E-state index in [0.717, 1.165) is 29.7 Å². The molecule has 2 aromatic rings. The van der Waals surface area contributed by atoms with E-state index in [1.165, 1.54) is 12.1 Å². The predicted molar refractivity (Wildman–Crippen MR) is 67.5 cm³/mol. The van der Waals surface area contributed by atoms with Crippen molar-refractivity contribution in [3.05, 3.63) is 58.6 Å². The standard InChI is InChI=1S/C13H12ClFN2/c14-12-7-11(15)4-3-9(12)1-2-10-8-17-6-5-13(10)16/h3-8H,1-2H2,(H2,16,17). The molecule has 0 saturated heterocycles. The Kier molecular flexibility index (Phi) is 3.59. The molecule has 0 atom stereocenters. The molecule has 0 aliphatic heterocycles. The zero-order chi connectivity index (χ0) is 12.3. The number of benzene rings is 1. The molecule has 0 amide bonds. The minimum atomic E-state index is -0.320. The second-order valence-corrected chi connectivity index (χ2v) is 4.22. The van der Waals surface area contributed by atoms with Crippen LogP contribution in [0.25, 0.3) is 0 Å². The lowest BCUT2D eigenvalue weighted by molar-refractivity contribution is 0.627. The number of hydrogen-bond donors (Lipinski definition) is 1. The molecule has 4 heteroatoms. The highest BCUT2D eigenvalue weighted by Gasteiger charge is 2.04. The summed E-state index contributed by atoms with van der Waals surface area (Å²) in [5.74, 6) is -0.320. The topological polar surface area (TPSA) is 38.9 Å². The number of halogens is 2. The summed E-state index contributed by atoms with van der Waals surface area (Å²) in [7, 11) is 0. The predicted octanol–water partition coefficient (Wildman–Crippen LogP) is 3.24. The van der Waals surface area contributed by atoms with Crippen LogP contribution in [0, 0.1) is 5.82 Å². The van der Waals surface area contributed by atoms with E-state index in [-0.39, 0.29) is 5.82 Å². The first-order valence-corrected chi connectivity index (χ1v) is 5.67. The molecule has 1 aromatic heterocycles. The molecule has 1 heterocycles. The van der Waals surface area contributed by atoms with Crippen LogP contribution in [0.3, 0.4) is 0 Å². The summed E-state index contributed by atoms with van der Waals surface area (Å²) in [6, 6.07) is 6.20. The first kappa shape index (κ1) is 11.9. The van der Waals surface area contributed by atoms with Crippen LogP contribution in [0.4, 0.5) is 10.1 Å². The van der Waals surface area contributed by atoms with Crippen LogP contribution in [0.15, 0.2) is 36.7 Å². The Bertz CT molecular complexity index is 529. The molecular formula is C13H12ClFN2. The molecule has 1 aromatic carbocycles. The molecule has 0 spiro atoms. The van der Waals surface area contributed by atoms with Crippen molar-refractivity contribution in [3.8, 4) is 0 Å². The lowest BCUT2D eigenvalue weighted by Crippen LogP contribution is -1.98. The number of nitrogens with two attached hydrogens (primary N) is 1. The summed E-state index contributed by atoms with van der Waals surface area (Å²) in [5, 5.41) is 0.451. The molecular weight excluding hydrogens is 239 g/mol. The Morgan fingerprint density at radius 3 is 2.65 bits per heavy atom. The maximum atomic E-state index is 12.9. The highest BCUT2D eigenvalue weighted by atomic mass is 35.5. The van der Waals surface area contributed by atoms with Crippen LogP contribution in [-0.4, -0.2) is 4.98 Å². The van der Waals surface area contributed by atoms with Crippen LogP contribution in [0.2, 0.25) is 5.02 Å². The van der Waals surface area contributed by atoms with E-state index >= 15 is 0 Å². The summed E-state index contributed by atoms with van der Waals surface area (Å²) in [6.07, 6.45) is 4.86. The number of nitrogens with zero attached hydrogens (tertiary/aromatic N) is 1. The zero-order valence-electron chi connectivity index (χ0n) is 9.16. The summed E-state index contributed by atoms with van der Waals surface area (Å²) in [4.78, 5) is 4.02. The van der Waals surface area contributed by atoms with E-state index in [9.17, 15) is 4.39 Å². The summed E-state index contributed by atoms with van der Waals surface area (Å²) >= 11 is 5.95. The molecule has 0 unspecified atom stereocenters. The van der Waals surface area contributed by atoms with E-state index in [2.05, 4.69) is 4.98 Å². The number of aromatic nitrogens is 1. The molecule has 2 rings (SSSR count). The van der Waals surface area contributed by atoms with Crippen LogP contribution in [0.1, 0.15) is 11.1 Å². The van der Waals surface area contributed by atoms with Gasteiger partial charge in [0.2, 0.25) is 0 Å². The van der Waals surface area contributed by atoms with Gasteiger partial charge in [-0.05, 0) is 42.2 Å². The third-order valence-corrected chi connectivity index (χ3v) is 2.97. The summed E-state index contributed by atoms with van der Waals surface area (Å²) in [6.45, 7) is 0. The Balaban J connectivity index is 2.10. The van der Waals surface area contributed by atoms with Gasteiger partial charge in [0.15, 0.2) is 0 Å². The fraction of sp³-hybridized carbons (Fsp3) is 0.154. The summed E-state index contributed by atoms with van der Waals surface area (Å²) < 4.78 is 12.9. The number of pyridine rings is 1. The molecule has 0 saturated carbocycles. The first-order valence-electron chi connectivity index (χ1n) is 5.29. The van der Waals surface area contributed by atoms with Crippen LogP contribution < -0.4 is 5.73 Å². The van der Waals surface area contributed by atoms with Crippen molar-refractivity contribution in [2.24, 2.45) is 0 Å². The van der Waals surface area contributed by atoms with Crippen molar-refractivity contribution in [2.45, 2.75) is 12.8 Å². The Morgan fingerprint density at radius 1 is 1.18 bits per heavy atom. The Labute approximate surface area is 104 Å². The van der Waals surface area contributed by atoms with Gasteiger partial charge in [0.25, 0.3) is 0 Å². The van der Waals surface area contributed by atoms with Gasteiger partial charge in [-0.25, -0.2) is 4.39 Å². The minimum Gasteiger partial charge on any atom is -0.398 e. The second kappa shape index (κ2) is 5.15.